The third kappa shape index (κ3) is 6.01. The lowest BCUT2D eigenvalue weighted by Crippen LogP contribution is -2.12. The standard InChI is InChI=1S/C22H20F3N3O4S/c1-14-4-5-15(2)20(10-14)33(29,30)32-18-8-6-16(11-19(18)31-3)12-27-28-21-9-7-17(13-26-21)22(23,24)25/h4-13H,1-3H3,(H,26,28)/b27-12+. The molecule has 1 heterocycles. The Balaban J connectivity index is 1.75. The van der Waals surface area contributed by atoms with E-state index in [0.717, 1.165) is 17.7 Å². The average Bonchev–Trinajstić information content (AvgIpc) is 2.76. The van der Waals surface area contributed by atoms with Crippen LogP contribution in [0.2, 0.25) is 0 Å². The zero-order valence-electron chi connectivity index (χ0n) is 17.8. The van der Waals surface area contributed by atoms with Crippen LogP contribution in [-0.4, -0.2) is 26.7 Å². The lowest BCUT2D eigenvalue weighted by molar-refractivity contribution is -0.137. The van der Waals surface area contributed by atoms with Crippen LogP contribution >= 0.6 is 0 Å². The first-order chi connectivity index (χ1) is 15.5. The van der Waals surface area contributed by atoms with E-state index in [0.29, 0.717) is 17.3 Å². The minimum absolute atomic E-state index is 0.00655. The summed E-state index contributed by atoms with van der Waals surface area (Å²) < 4.78 is 73.8. The second-order valence-corrected chi connectivity index (χ2v) is 8.53. The van der Waals surface area contributed by atoms with E-state index in [1.807, 2.05) is 0 Å². The number of nitrogens with zero attached hydrogens (tertiary/aromatic N) is 2. The molecular weight excluding hydrogens is 459 g/mol. The molecule has 0 saturated heterocycles. The lowest BCUT2D eigenvalue weighted by Gasteiger charge is -2.13. The van der Waals surface area contributed by atoms with Crippen LogP contribution in [0.5, 0.6) is 11.5 Å². The van der Waals surface area contributed by atoms with Gasteiger partial charge in [0.15, 0.2) is 11.5 Å². The normalized spacial score (nSPS) is 12.1. The van der Waals surface area contributed by atoms with Gasteiger partial charge >= 0.3 is 16.3 Å². The highest BCUT2D eigenvalue weighted by Gasteiger charge is 2.30. The zero-order valence-corrected chi connectivity index (χ0v) is 18.7. The Morgan fingerprint density at radius 3 is 2.42 bits per heavy atom. The van der Waals surface area contributed by atoms with Crippen LogP contribution in [-0.2, 0) is 16.3 Å². The summed E-state index contributed by atoms with van der Waals surface area (Å²) in [6.07, 6.45) is -2.41. The Morgan fingerprint density at radius 2 is 1.79 bits per heavy atom. The Morgan fingerprint density at radius 1 is 1.03 bits per heavy atom. The number of rotatable bonds is 7. The molecule has 2 aromatic carbocycles. The molecule has 0 fully saturated rings. The van der Waals surface area contributed by atoms with E-state index in [4.69, 9.17) is 8.92 Å². The van der Waals surface area contributed by atoms with Crippen molar-refractivity contribution in [2.45, 2.75) is 24.9 Å². The number of pyridine rings is 1. The summed E-state index contributed by atoms with van der Waals surface area (Å²) in [5.41, 5.74) is 3.49. The summed E-state index contributed by atoms with van der Waals surface area (Å²) in [6.45, 7) is 3.45. The summed E-state index contributed by atoms with van der Waals surface area (Å²) in [6, 6.07) is 11.5. The molecule has 0 aliphatic rings. The number of hydrogen-bond donors (Lipinski definition) is 1. The largest absolute Gasteiger partial charge is 0.493 e. The second-order valence-electron chi connectivity index (χ2n) is 7.02. The molecule has 0 aliphatic carbocycles. The van der Waals surface area contributed by atoms with Crippen molar-refractivity contribution >= 4 is 22.2 Å². The van der Waals surface area contributed by atoms with E-state index in [9.17, 15) is 21.6 Å². The van der Waals surface area contributed by atoms with Crippen LogP contribution in [0.4, 0.5) is 19.0 Å². The maximum Gasteiger partial charge on any atom is 0.417 e. The zero-order chi connectivity index (χ0) is 24.2. The van der Waals surface area contributed by atoms with Gasteiger partial charge in [0.25, 0.3) is 0 Å². The number of benzene rings is 2. The number of anilines is 1. The van der Waals surface area contributed by atoms with E-state index in [2.05, 4.69) is 15.5 Å². The van der Waals surface area contributed by atoms with Crippen LogP contribution in [0, 0.1) is 13.8 Å². The monoisotopic (exact) mass is 479 g/mol. The van der Waals surface area contributed by atoms with Crippen molar-refractivity contribution in [3.05, 3.63) is 77.0 Å². The quantitative estimate of drug-likeness (QED) is 0.293. The van der Waals surface area contributed by atoms with Gasteiger partial charge in [-0.3, -0.25) is 5.43 Å². The molecule has 0 saturated carbocycles. The minimum Gasteiger partial charge on any atom is -0.493 e. The molecule has 0 atom stereocenters. The van der Waals surface area contributed by atoms with Gasteiger partial charge in [0.1, 0.15) is 10.7 Å². The number of nitrogens with one attached hydrogen (secondary N) is 1. The molecular formula is C22H20F3N3O4S. The number of halogens is 3. The molecule has 7 nitrogen and oxygen atoms in total. The van der Waals surface area contributed by atoms with Crippen LogP contribution < -0.4 is 14.3 Å². The highest BCUT2D eigenvalue weighted by Crippen LogP contribution is 2.31. The van der Waals surface area contributed by atoms with E-state index >= 15 is 0 Å². The summed E-state index contributed by atoms with van der Waals surface area (Å²) in [5.74, 6) is 0.263. The SMILES string of the molecule is COc1cc(/C=N/Nc2ccc(C(F)(F)F)cn2)ccc1OS(=O)(=O)c1cc(C)ccc1C. The molecule has 0 bridgehead atoms. The number of ether oxygens (including phenoxy) is 1. The number of hydrazone groups is 1. The van der Waals surface area contributed by atoms with Crippen molar-refractivity contribution in [3.8, 4) is 11.5 Å². The molecule has 33 heavy (non-hydrogen) atoms. The Bertz CT molecular complexity index is 1280. The fourth-order valence-electron chi connectivity index (χ4n) is 2.77. The lowest BCUT2D eigenvalue weighted by atomic mass is 10.2. The molecule has 3 rings (SSSR count). The van der Waals surface area contributed by atoms with Gasteiger partial charge in [0.2, 0.25) is 0 Å². The van der Waals surface area contributed by atoms with Crippen LogP contribution in [0.1, 0.15) is 22.3 Å². The smallest absolute Gasteiger partial charge is 0.417 e. The Kier molecular flexibility index (Phi) is 6.92. The first kappa shape index (κ1) is 24.1. The van der Waals surface area contributed by atoms with Crippen LogP contribution in [0.3, 0.4) is 0 Å². The van der Waals surface area contributed by atoms with E-state index < -0.39 is 21.9 Å². The van der Waals surface area contributed by atoms with Crippen molar-refractivity contribution in [2.24, 2.45) is 5.10 Å². The van der Waals surface area contributed by atoms with Crippen molar-refractivity contribution in [3.63, 3.8) is 0 Å². The maximum absolute atomic E-state index is 12.8. The van der Waals surface area contributed by atoms with E-state index in [1.54, 1.807) is 32.0 Å². The van der Waals surface area contributed by atoms with Crippen molar-refractivity contribution in [1.29, 1.82) is 0 Å². The maximum atomic E-state index is 12.8. The van der Waals surface area contributed by atoms with Gasteiger partial charge in [-0.05, 0) is 66.9 Å². The molecule has 1 aromatic heterocycles. The van der Waals surface area contributed by atoms with Gasteiger partial charge in [-0.15, -0.1) is 0 Å². The van der Waals surface area contributed by atoms with E-state index in [-0.39, 0.29) is 22.2 Å². The Hall–Kier alpha value is -3.60. The number of aryl methyl sites for hydroxylation is 2. The predicted octanol–water partition coefficient (Wildman–Crippen LogP) is 4.94. The highest BCUT2D eigenvalue weighted by atomic mass is 32.2. The summed E-state index contributed by atoms with van der Waals surface area (Å²) >= 11 is 0. The number of methoxy groups -OCH3 is 1. The minimum atomic E-state index is -4.47. The van der Waals surface area contributed by atoms with Crippen LogP contribution in [0.15, 0.2) is 64.7 Å². The topological polar surface area (TPSA) is 89.9 Å². The number of aromatic nitrogens is 1. The van der Waals surface area contributed by atoms with Gasteiger partial charge in [0.05, 0.1) is 18.9 Å². The van der Waals surface area contributed by atoms with Crippen molar-refractivity contribution in [1.82, 2.24) is 4.98 Å². The van der Waals surface area contributed by atoms with Gasteiger partial charge in [-0.1, -0.05) is 12.1 Å². The second kappa shape index (κ2) is 9.49. The van der Waals surface area contributed by atoms with Crippen molar-refractivity contribution in [2.75, 3.05) is 12.5 Å². The highest BCUT2D eigenvalue weighted by molar-refractivity contribution is 7.87. The van der Waals surface area contributed by atoms with E-state index in [1.165, 1.54) is 31.5 Å². The van der Waals surface area contributed by atoms with Gasteiger partial charge < -0.3 is 8.92 Å². The fourth-order valence-corrected chi connectivity index (χ4v) is 4.03. The molecule has 1 N–H and O–H groups in total. The van der Waals surface area contributed by atoms with Gasteiger partial charge in [-0.25, -0.2) is 4.98 Å². The molecule has 11 heteroatoms. The summed E-state index contributed by atoms with van der Waals surface area (Å²) in [4.78, 5) is 3.71. The summed E-state index contributed by atoms with van der Waals surface area (Å²) in [7, 11) is -2.73. The fraction of sp³-hybridized carbons (Fsp3) is 0.182. The number of alkyl halides is 3. The molecule has 0 amide bonds. The average molecular weight is 479 g/mol. The van der Waals surface area contributed by atoms with Crippen molar-refractivity contribution < 1.29 is 30.5 Å². The first-order valence-corrected chi connectivity index (χ1v) is 10.9. The van der Waals surface area contributed by atoms with Gasteiger partial charge in [-0.2, -0.15) is 26.7 Å². The predicted molar refractivity (Wildman–Crippen MR) is 117 cm³/mol. The Labute approximate surface area is 189 Å². The molecule has 0 aliphatic heterocycles. The third-order valence-electron chi connectivity index (χ3n) is 4.48. The third-order valence-corrected chi connectivity index (χ3v) is 5.86. The van der Waals surface area contributed by atoms with Crippen LogP contribution in [0.25, 0.3) is 0 Å². The first-order valence-electron chi connectivity index (χ1n) is 9.52. The molecule has 3 aromatic rings. The van der Waals surface area contributed by atoms with Gasteiger partial charge in [0, 0.05) is 6.20 Å². The molecule has 0 radical (unpaired) electrons. The number of hydrogen-bond acceptors (Lipinski definition) is 7. The summed E-state index contributed by atoms with van der Waals surface area (Å²) in [5, 5.41) is 3.92. The molecule has 0 unspecified atom stereocenters. The molecule has 174 valence electrons. The molecule has 0 spiro atoms.